The summed E-state index contributed by atoms with van der Waals surface area (Å²) in [7, 11) is 0. The predicted molar refractivity (Wildman–Crippen MR) is 161 cm³/mol. The number of nitrogens with one attached hydrogen (secondary N) is 1. The van der Waals surface area contributed by atoms with Gasteiger partial charge in [-0.25, -0.2) is 19.3 Å². The van der Waals surface area contributed by atoms with Crippen LogP contribution in [0.2, 0.25) is 0 Å². The van der Waals surface area contributed by atoms with Crippen LogP contribution in [0.15, 0.2) is 83.8 Å². The highest BCUT2D eigenvalue weighted by molar-refractivity contribution is 6.04. The van der Waals surface area contributed by atoms with Crippen molar-refractivity contribution in [1.82, 2.24) is 19.9 Å². The molecule has 0 aliphatic heterocycles. The minimum atomic E-state index is -0.414. The lowest BCUT2D eigenvalue weighted by atomic mass is 9.88. The summed E-state index contributed by atoms with van der Waals surface area (Å²) in [5.41, 5.74) is 6.06. The second-order valence-electron chi connectivity index (χ2n) is 11.3. The third kappa shape index (κ3) is 4.33. The van der Waals surface area contributed by atoms with Crippen LogP contribution in [-0.4, -0.2) is 25.7 Å². The van der Waals surface area contributed by atoms with E-state index in [-0.39, 0.29) is 11.2 Å². The lowest BCUT2D eigenvalue weighted by Crippen LogP contribution is -2.17. The van der Waals surface area contributed by atoms with Gasteiger partial charge < -0.3 is 9.40 Å². The van der Waals surface area contributed by atoms with Gasteiger partial charge in [0.05, 0.1) is 10.9 Å². The number of hydrogen-bond acceptors (Lipinski definition) is 5. The van der Waals surface area contributed by atoms with Gasteiger partial charge >= 0.3 is 0 Å². The molecule has 1 N–H and O–H groups in total. The number of carbonyl (C=O) groups excluding carboxylic acids is 1. The van der Waals surface area contributed by atoms with Crippen molar-refractivity contribution < 1.29 is 13.6 Å². The molecule has 1 fully saturated rings. The van der Waals surface area contributed by atoms with Crippen molar-refractivity contribution in [2.45, 2.75) is 45.4 Å². The molecule has 1 aliphatic rings. The van der Waals surface area contributed by atoms with E-state index in [4.69, 9.17) is 4.42 Å². The Morgan fingerprint density at radius 3 is 2.38 bits per heavy atom. The van der Waals surface area contributed by atoms with Crippen molar-refractivity contribution in [3.8, 4) is 33.8 Å². The van der Waals surface area contributed by atoms with E-state index < -0.39 is 5.82 Å². The van der Waals surface area contributed by atoms with Crippen molar-refractivity contribution in [3.63, 3.8) is 0 Å². The molecule has 3 aromatic carbocycles. The molecule has 0 radical (unpaired) electrons. The molecule has 6 aromatic rings. The Hall–Kier alpha value is -4.91. The number of aromatic nitrogens is 4. The third-order valence-corrected chi connectivity index (χ3v) is 8.40. The maximum absolute atomic E-state index is 16.7. The van der Waals surface area contributed by atoms with Gasteiger partial charge in [-0.15, -0.1) is 0 Å². The number of rotatable bonds is 7. The van der Waals surface area contributed by atoms with Crippen LogP contribution in [0.5, 0.6) is 0 Å². The number of furan rings is 1. The molecule has 1 aliphatic carbocycles. The molecular formula is C35H29FN4O2. The second-order valence-corrected chi connectivity index (χ2v) is 11.3. The minimum Gasteiger partial charge on any atom is -0.455 e. The zero-order chi connectivity index (χ0) is 29.0. The van der Waals surface area contributed by atoms with Gasteiger partial charge in [-0.1, -0.05) is 35.9 Å². The number of carbonyl (C=O) groups is 1. The Morgan fingerprint density at radius 2 is 1.69 bits per heavy atom. The number of halogens is 1. The summed E-state index contributed by atoms with van der Waals surface area (Å²) in [5.74, 6) is 1.39. The lowest BCUT2D eigenvalue weighted by Gasteiger charge is -2.16. The highest BCUT2D eigenvalue weighted by Gasteiger charge is 2.48. The normalized spacial score (nSPS) is 13.9. The lowest BCUT2D eigenvalue weighted by molar-refractivity contribution is 0.0968. The van der Waals surface area contributed by atoms with Gasteiger partial charge in [-0.2, -0.15) is 0 Å². The van der Waals surface area contributed by atoms with Crippen LogP contribution in [0.25, 0.3) is 44.8 Å². The first kappa shape index (κ1) is 26.0. The van der Waals surface area contributed by atoms with E-state index in [2.05, 4.69) is 19.9 Å². The third-order valence-electron chi connectivity index (χ3n) is 8.40. The first-order valence-electron chi connectivity index (χ1n) is 14.1. The molecule has 42 heavy (non-hydrogen) atoms. The Balaban J connectivity index is 1.34. The fourth-order valence-electron chi connectivity index (χ4n) is 5.94. The van der Waals surface area contributed by atoms with Gasteiger partial charge in [0.25, 0.3) is 0 Å². The van der Waals surface area contributed by atoms with Crippen LogP contribution in [0, 0.1) is 26.6 Å². The number of fused-ring (bicyclic) bond motifs is 1. The summed E-state index contributed by atoms with van der Waals surface area (Å²) in [6.45, 7) is 5.90. The topological polar surface area (TPSA) is 84.7 Å². The zero-order valence-electron chi connectivity index (χ0n) is 23.7. The smallest absolute Gasteiger partial charge is 0.164 e. The van der Waals surface area contributed by atoms with Crippen LogP contribution in [0.3, 0.4) is 0 Å². The molecule has 0 amide bonds. The summed E-state index contributed by atoms with van der Waals surface area (Å²) in [5, 5.41) is 0.351. The quantitative estimate of drug-likeness (QED) is 0.200. The zero-order valence-corrected chi connectivity index (χ0v) is 23.7. The van der Waals surface area contributed by atoms with Crippen molar-refractivity contribution in [2.75, 3.05) is 0 Å². The monoisotopic (exact) mass is 556 g/mol. The SMILES string of the molecule is Cc1ccc(-c2oc3ccc(-c4cc(C(=O)CC5(c6ncccn6)CC5)c(C)cc4C)c(F)c3c2-c2ncc[nH]2)cc1. The molecule has 6 nitrogen and oxygen atoms in total. The summed E-state index contributed by atoms with van der Waals surface area (Å²) in [4.78, 5) is 30.1. The molecule has 0 saturated heterocycles. The number of Topliss-reactive ketones (excluding diaryl/α,β-unsaturated/α-hetero) is 1. The first-order valence-corrected chi connectivity index (χ1v) is 14.1. The van der Waals surface area contributed by atoms with Gasteiger partial charge in [-0.05, 0) is 74.6 Å². The van der Waals surface area contributed by atoms with Gasteiger partial charge in [-0.3, -0.25) is 4.79 Å². The van der Waals surface area contributed by atoms with E-state index in [1.54, 1.807) is 43.0 Å². The van der Waals surface area contributed by atoms with Crippen molar-refractivity contribution in [1.29, 1.82) is 0 Å². The number of H-pyrrole nitrogens is 1. The van der Waals surface area contributed by atoms with Crippen molar-refractivity contribution in [3.05, 3.63) is 113 Å². The number of ketones is 1. The van der Waals surface area contributed by atoms with Crippen LogP contribution in [0.4, 0.5) is 4.39 Å². The number of benzene rings is 3. The molecular weight excluding hydrogens is 527 g/mol. The molecule has 0 spiro atoms. The Labute approximate surface area is 242 Å². The second kappa shape index (κ2) is 9.87. The number of hydrogen-bond donors (Lipinski definition) is 1. The molecule has 0 atom stereocenters. The van der Waals surface area contributed by atoms with E-state index in [1.165, 1.54) is 0 Å². The predicted octanol–water partition coefficient (Wildman–Crippen LogP) is 8.32. The molecule has 7 rings (SSSR count). The molecule has 3 aromatic heterocycles. The van der Waals surface area contributed by atoms with Crippen molar-refractivity contribution >= 4 is 16.8 Å². The van der Waals surface area contributed by atoms with Crippen LogP contribution < -0.4 is 0 Å². The number of imidazole rings is 1. The van der Waals surface area contributed by atoms with Gasteiger partial charge in [0.15, 0.2) is 5.78 Å². The van der Waals surface area contributed by atoms with Crippen LogP contribution >= 0.6 is 0 Å². The maximum atomic E-state index is 16.7. The summed E-state index contributed by atoms with van der Waals surface area (Å²) in [6.07, 6.45) is 8.88. The Morgan fingerprint density at radius 1 is 0.929 bits per heavy atom. The number of nitrogens with zero attached hydrogens (tertiary/aromatic N) is 3. The van der Waals surface area contributed by atoms with E-state index in [0.717, 1.165) is 40.9 Å². The van der Waals surface area contributed by atoms with Crippen LogP contribution in [0.1, 0.15) is 52.1 Å². The molecule has 3 heterocycles. The van der Waals surface area contributed by atoms with E-state index >= 15 is 4.39 Å². The highest BCUT2D eigenvalue weighted by atomic mass is 19.1. The molecule has 0 unspecified atom stereocenters. The molecule has 7 heteroatoms. The maximum Gasteiger partial charge on any atom is 0.164 e. The minimum absolute atomic E-state index is 0.0152. The molecule has 0 bridgehead atoms. The van der Waals surface area contributed by atoms with Gasteiger partial charge in [0.2, 0.25) is 0 Å². The Bertz CT molecular complexity index is 1960. The number of aryl methyl sites for hydroxylation is 3. The fourth-order valence-corrected chi connectivity index (χ4v) is 5.94. The fraction of sp³-hybridized carbons (Fsp3) is 0.200. The van der Waals surface area contributed by atoms with E-state index in [9.17, 15) is 4.79 Å². The van der Waals surface area contributed by atoms with Crippen LogP contribution in [-0.2, 0) is 5.41 Å². The summed E-state index contributed by atoms with van der Waals surface area (Å²) >= 11 is 0. The van der Waals surface area contributed by atoms with Crippen molar-refractivity contribution in [2.24, 2.45) is 0 Å². The highest BCUT2D eigenvalue weighted by Crippen LogP contribution is 2.50. The van der Waals surface area contributed by atoms with E-state index in [1.807, 2.05) is 57.2 Å². The molecule has 1 saturated carbocycles. The first-order chi connectivity index (χ1) is 20.3. The standard InChI is InChI=1S/C35H29FN4O2/c1-20-5-7-23(8-6-20)32-30(33-37-15-16-38-33)29-28(42-32)10-9-24(31(29)36)25-18-26(22(3)17-21(25)2)27(41)19-35(11-12-35)34-39-13-4-14-40-34/h4-10,13-18H,11-12,19H2,1-3H3,(H,37,38). The Kier molecular flexibility index (Phi) is 6.12. The van der Waals surface area contributed by atoms with E-state index in [0.29, 0.717) is 51.2 Å². The average Bonchev–Trinajstić information content (AvgIpc) is 3.37. The number of aromatic amines is 1. The van der Waals surface area contributed by atoms with Gasteiger partial charge in [0.1, 0.15) is 28.8 Å². The summed E-state index contributed by atoms with van der Waals surface area (Å²) in [6, 6.07) is 17.0. The summed E-state index contributed by atoms with van der Waals surface area (Å²) < 4.78 is 23.0. The van der Waals surface area contributed by atoms with Gasteiger partial charge in [0, 0.05) is 53.3 Å². The average molecular weight is 557 g/mol. The molecule has 208 valence electrons. The largest absolute Gasteiger partial charge is 0.455 e.